The molecule has 0 bridgehead atoms. The SMILES string of the molecule is NS(=O)(=O)/C=C/c1ccccc1F. The van der Waals surface area contributed by atoms with Crippen molar-refractivity contribution in [3.8, 4) is 0 Å². The molecular weight excluding hydrogens is 193 g/mol. The molecule has 1 aromatic carbocycles. The zero-order chi connectivity index (χ0) is 9.90. The molecule has 70 valence electrons. The summed E-state index contributed by atoms with van der Waals surface area (Å²) in [7, 11) is -3.69. The monoisotopic (exact) mass is 201 g/mol. The highest BCUT2D eigenvalue weighted by Gasteiger charge is 1.97. The fourth-order valence-corrected chi connectivity index (χ4v) is 1.11. The van der Waals surface area contributed by atoms with E-state index in [1.54, 1.807) is 6.07 Å². The molecule has 0 spiro atoms. The molecule has 3 nitrogen and oxygen atoms in total. The maximum Gasteiger partial charge on any atom is 0.231 e. The van der Waals surface area contributed by atoms with Crippen LogP contribution in [0, 0.1) is 5.82 Å². The fourth-order valence-electron chi connectivity index (χ4n) is 0.778. The Morgan fingerprint density at radius 1 is 1.31 bits per heavy atom. The van der Waals surface area contributed by atoms with E-state index >= 15 is 0 Å². The van der Waals surface area contributed by atoms with Crippen LogP contribution in [0.4, 0.5) is 4.39 Å². The van der Waals surface area contributed by atoms with E-state index in [-0.39, 0.29) is 5.56 Å². The van der Waals surface area contributed by atoms with Crippen molar-refractivity contribution >= 4 is 16.1 Å². The van der Waals surface area contributed by atoms with Crippen molar-refractivity contribution in [1.29, 1.82) is 0 Å². The lowest BCUT2D eigenvalue weighted by molar-refractivity contribution is 0.606. The van der Waals surface area contributed by atoms with E-state index in [1.165, 1.54) is 18.2 Å². The molecule has 0 aromatic heterocycles. The van der Waals surface area contributed by atoms with E-state index in [9.17, 15) is 12.8 Å². The first-order chi connectivity index (χ1) is 5.99. The van der Waals surface area contributed by atoms with Crippen LogP contribution >= 0.6 is 0 Å². The second-order valence-corrected chi connectivity index (χ2v) is 3.86. The summed E-state index contributed by atoms with van der Waals surface area (Å²) >= 11 is 0. The van der Waals surface area contributed by atoms with Crippen molar-refractivity contribution < 1.29 is 12.8 Å². The molecule has 0 atom stereocenters. The van der Waals surface area contributed by atoms with Gasteiger partial charge in [-0.2, -0.15) is 0 Å². The number of nitrogens with two attached hydrogens (primary N) is 1. The van der Waals surface area contributed by atoms with Crippen LogP contribution in [0.2, 0.25) is 0 Å². The standard InChI is InChI=1S/C8H8FNO2S/c9-8-4-2-1-3-7(8)5-6-13(10,11)12/h1-6H,(H2,10,11,12)/b6-5+. The number of sulfonamides is 1. The summed E-state index contributed by atoms with van der Waals surface area (Å²) in [5.74, 6) is -0.484. The summed E-state index contributed by atoms with van der Waals surface area (Å²) in [5, 5.41) is 5.45. The van der Waals surface area contributed by atoms with Crippen LogP contribution in [-0.2, 0) is 10.0 Å². The van der Waals surface area contributed by atoms with Gasteiger partial charge >= 0.3 is 0 Å². The van der Waals surface area contributed by atoms with E-state index in [0.29, 0.717) is 0 Å². The molecule has 5 heteroatoms. The molecule has 0 heterocycles. The highest BCUT2D eigenvalue weighted by molar-refractivity contribution is 7.92. The lowest BCUT2D eigenvalue weighted by Gasteiger charge is -1.93. The first-order valence-corrected chi connectivity index (χ1v) is 5.05. The summed E-state index contributed by atoms with van der Waals surface area (Å²) < 4.78 is 33.8. The molecule has 0 saturated heterocycles. The van der Waals surface area contributed by atoms with Gasteiger partial charge in [0.2, 0.25) is 10.0 Å². The van der Waals surface area contributed by atoms with Gasteiger partial charge in [0.1, 0.15) is 5.82 Å². The van der Waals surface area contributed by atoms with Gasteiger partial charge in [0.25, 0.3) is 0 Å². The highest BCUT2D eigenvalue weighted by atomic mass is 32.2. The molecule has 0 fully saturated rings. The smallest absolute Gasteiger partial charge is 0.225 e. The molecule has 1 aromatic rings. The van der Waals surface area contributed by atoms with Gasteiger partial charge in [0.05, 0.1) is 0 Å². The Labute approximate surface area is 75.7 Å². The van der Waals surface area contributed by atoms with Crippen molar-refractivity contribution in [3.63, 3.8) is 0 Å². The predicted octanol–water partition coefficient (Wildman–Crippen LogP) is 1.08. The van der Waals surface area contributed by atoms with Crippen LogP contribution in [-0.4, -0.2) is 8.42 Å². The van der Waals surface area contributed by atoms with E-state index < -0.39 is 15.8 Å². The molecule has 0 aliphatic rings. The molecule has 0 saturated carbocycles. The Morgan fingerprint density at radius 2 is 1.92 bits per heavy atom. The van der Waals surface area contributed by atoms with Crippen molar-refractivity contribution in [3.05, 3.63) is 41.1 Å². The maximum absolute atomic E-state index is 12.9. The van der Waals surface area contributed by atoms with Gasteiger partial charge in [-0.05, 0) is 12.1 Å². The Balaban J connectivity index is 3.00. The van der Waals surface area contributed by atoms with Crippen LogP contribution in [0.3, 0.4) is 0 Å². The van der Waals surface area contributed by atoms with Crippen LogP contribution in [0.15, 0.2) is 29.7 Å². The largest absolute Gasteiger partial charge is 0.231 e. The number of primary sulfonamides is 1. The van der Waals surface area contributed by atoms with Crippen molar-refractivity contribution in [2.24, 2.45) is 5.14 Å². The summed E-state index contributed by atoms with van der Waals surface area (Å²) in [5.41, 5.74) is 0.191. The van der Waals surface area contributed by atoms with E-state index in [0.717, 1.165) is 11.5 Å². The summed E-state index contributed by atoms with van der Waals surface area (Å²) in [6.07, 6.45) is 1.12. The second kappa shape index (κ2) is 3.68. The summed E-state index contributed by atoms with van der Waals surface area (Å²) in [4.78, 5) is 0. The molecule has 13 heavy (non-hydrogen) atoms. The van der Waals surface area contributed by atoms with Crippen molar-refractivity contribution in [2.75, 3.05) is 0 Å². The van der Waals surface area contributed by atoms with Gasteiger partial charge in [-0.25, -0.2) is 17.9 Å². The number of rotatable bonds is 2. The van der Waals surface area contributed by atoms with E-state index in [1.807, 2.05) is 0 Å². The minimum absolute atomic E-state index is 0.191. The lowest BCUT2D eigenvalue weighted by Crippen LogP contribution is -2.06. The number of hydrogen-bond acceptors (Lipinski definition) is 2. The van der Waals surface area contributed by atoms with Gasteiger partial charge in [-0.3, -0.25) is 0 Å². The molecule has 0 amide bonds. The summed E-state index contributed by atoms with van der Waals surface area (Å²) in [6.45, 7) is 0. The van der Waals surface area contributed by atoms with E-state index in [4.69, 9.17) is 5.14 Å². The quantitative estimate of drug-likeness (QED) is 0.778. The topological polar surface area (TPSA) is 60.2 Å². The fraction of sp³-hybridized carbons (Fsp3) is 0. The Hall–Kier alpha value is -1.20. The molecule has 0 radical (unpaired) electrons. The van der Waals surface area contributed by atoms with Crippen LogP contribution in [0.5, 0.6) is 0 Å². The van der Waals surface area contributed by atoms with Crippen molar-refractivity contribution in [2.45, 2.75) is 0 Å². The normalized spacial score (nSPS) is 12.2. The van der Waals surface area contributed by atoms with Crippen LogP contribution in [0.25, 0.3) is 6.08 Å². The molecule has 2 N–H and O–H groups in total. The minimum atomic E-state index is -3.69. The zero-order valence-electron chi connectivity index (χ0n) is 6.64. The molecular formula is C8H8FNO2S. The highest BCUT2D eigenvalue weighted by Crippen LogP contribution is 2.08. The van der Waals surface area contributed by atoms with Gasteiger partial charge in [-0.15, -0.1) is 0 Å². The van der Waals surface area contributed by atoms with E-state index in [2.05, 4.69) is 0 Å². The van der Waals surface area contributed by atoms with Gasteiger partial charge in [0.15, 0.2) is 0 Å². The molecule has 0 unspecified atom stereocenters. The average Bonchev–Trinajstić information content (AvgIpc) is 2.01. The third-order valence-electron chi connectivity index (χ3n) is 1.34. The Kier molecular flexibility index (Phi) is 2.79. The van der Waals surface area contributed by atoms with Crippen LogP contribution in [0.1, 0.15) is 5.56 Å². The van der Waals surface area contributed by atoms with Crippen LogP contribution < -0.4 is 5.14 Å². The summed E-state index contributed by atoms with van der Waals surface area (Å²) in [6, 6.07) is 5.81. The van der Waals surface area contributed by atoms with Crippen molar-refractivity contribution in [1.82, 2.24) is 0 Å². The van der Waals surface area contributed by atoms with Gasteiger partial charge in [-0.1, -0.05) is 18.2 Å². The predicted molar refractivity (Wildman–Crippen MR) is 48.5 cm³/mol. The molecule has 0 aliphatic carbocycles. The number of benzene rings is 1. The third kappa shape index (κ3) is 3.35. The number of halogens is 1. The molecule has 1 rings (SSSR count). The minimum Gasteiger partial charge on any atom is -0.225 e. The van der Waals surface area contributed by atoms with Gasteiger partial charge < -0.3 is 0 Å². The first kappa shape index (κ1) is 9.88. The maximum atomic E-state index is 12.9. The molecule has 0 aliphatic heterocycles. The second-order valence-electron chi connectivity index (χ2n) is 2.41. The lowest BCUT2D eigenvalue weighted by atomic mass is 10.2. The Morgan fingerprint density at radius 3 is 2.46 bits per heavy atom. The van der Waals surface area contributed by atoms with Gasteiger partial charge in [0, 0.05) is 11.0 Å². The first-order valence-electron chi connectivity index (χ1n) is 3.44. The zero-order valence-corrected chi connectivity index (χ0v) is 7.46. The Bertz CT molecular complexity index is 426. The number of hydrogen-bond donors (Lipinski definition) is 1. The third-order valence-corrected chi connectivity index (χ3v) is 1.86. The average molecular weight is 201 g/mol.